The fourth-order valence-corrected chi connectivity index (χ4v) is 4.60. The third-order valence-electron chi connectivity index (χ3n) is 5.58. The van der Waals surface area contributed by atoms with Crippen LogP contribution in [0.1, 0.15) is 43.9 Å². The first-order chi connectivity index (χ1) is 15.9. The number of sulfonamides is 1. The second-order valence-electron chi connectivity index (χ2n) is 9.13. The molecule has 0 aliphatic carbocycles. The van der Waals surface area contributed by atoms with Crippen molar-refractivity contribution < 1.29 is 18.0 Å². The van der Waals surface area contributed by atoms with Crippen LogP contribution >= 0.6 is 0 Å². The van der Waals surface area contributed by atoms with E-state index in [1.807, 2.05) is 77.1 Å². The maximum Gasteiger partial charge on any atom is 0.244 e. The van der Waals surface area contributed by atoms with Gasteiger partial charge in [0.2, 0.25) is 21.8 Å². The summed E-state index contributed by atoms with van der Waals surface area (Å²) in [7, 11) is -3.75. The fraction of sp³-hybridized carbons (Fsp3) is 0.462. The molecule has 2 aromatic rings. The molecular formula is C26H37N3O4S. The van der Waals surface area contributed by atoms with Gasteiger partial charge in [-0.3, -0.25) is 13.9 Å². The Morgan fingerprint density at radius 3 is 2.24 bits per heavy atom. The van der Waals surface area contributed by atoms with Crippen LogP contribution in [0.3, 0.4) is 0 Å². The van der Waals surface area contributed by atoms with Crippen molar-refractivity contribution in [3.63, 3.8) is 0 Å². The van der Waals surface area contributed by atoms with Crippen molar-refractivity contribution in [3.05, 3.63) is 65.2 Å². The lowest BCUT2D eigenvalue weighted by molar-refractivity contribution is -0.140. The Balaban J connectivity index is 2.43. The van der Waals surface area contributed by atoms with Gasteiger partial charge in [-0.1, -0.05) is 63.2 Å². The van der Waals surface area contributed by atoms with E-state index < -0.39 is 22.0 Å². The number of carbonyl (C=O) groups is 2. The molecule has 2 rings (SSSR count). The van der Waals surface area contributed by atoms with Crippen molar-refractivity contribution in [1.82, 2.24) is 10.2 Å². The van der Waals surface area contributed by atoms with Gasteiger partial charge in [0, 0.05) is 13.1 Å². The Labute approximate surface area is 204 Å². The average molecular weight is 488 g/mol. The molecule has 0 aromatic heterocycles. The van der Waals surface area contributed by atoms with Crippen LogP contribution in [0.25, 0.3) is 0 Å². The van der Waals surface area contributed by atoms with Crippen LogP contribution < -0.4 is 9.62 Å². The summed E-state index contributed by atoms with van der Waals surface area (Å²) in [6.07, 6.45) is 1.50. The number of nitrogens with zero attached hydrogens (tertiary/aromatic N) is 2. The van der Waals surface area contributed by atoms with E-state index in [0.29, 0.717) is 18.7 Å². The SMILES string of the molecule is CC[C@@H](C(=O)NCC(C)C)N(Cc1ccccc1)C(=O)CN(c1cc(C)ccc1C)S(C)(=O)=O. The van der Waals surface area contributed by atoms with E-state index in [4.69, 9.17) is 0 Å². The fourth-order valence-electron chi connectivity index (χ4n) is 3.71. The van der Waals surface area contributed by atoms with Gasteiger partial charge >= 0.3 is 0 Å². The summed E-state index contributed by atoms with van der Waals surface area (Å²) < 4.78 is 26.6. The molecule has 186 valence electrons. The van der Waals surface area contributed by atoms with E-state index in [1.165, 1.54) is 4.90 Å². The molecule has 0 bridgehead atoms. The standard InChI is InChI=1S/C26H37N3O4S/c1-7-23(26(31)27-16-19(2)3)28(17-22-11-9-8-10-12-22)25(30)18-29(34(6,32)33)24-15-20(4)13-14-21(24)5/h8-15,19,23H,7,16-18H2,1-6H3,(H,27,31)/t23-/m0/s1. The zero-order valence-electron chi connectivity index (χ0n) is 21.0. The minimum Gasteiger partial charge on any atom is -0.354 e. The highest BCUT2D eigenvalue weighted by Crippen LogP contribution is 2.25. The van der Waals surface area contributed by atoms with E-state index in [-0.39, 0.29) is 24.9 Å². The summed E-state index contributed by atoms with van der Waals surface area (Å²) in [5.74, 6) is -0.399. The smallest absolute Gasteiger partial charge is 0.244 e. The van der Waals surface area contributed by atoms with Crippen molar-refractivity contribution >= 4 is 27.5 Å². The predicted molar refractivity (Wildman–Crippen MR) is 137 cm³/mol. The first kappa shape index (κ1) is 27.4. The Bertz CT molecular complexity index is 1080. The van der Waals surface area contributed by atoms with Crippen LogP contribution in [0.2, 0.25) is 0 Å². The van der Waals surface area contributed by atoms with Crippen LogP contribution in [0.5, 0.6) is 0 Å². The summed E-state index contributed by atoms with van der Waals surface area (Å²) in [5.41, 5.74) is 2.97. The second-order valence-corrected chi connectivity index (χ2v) is 11.0. The van der Waals surface area contributed by atoms with Crippen LogP contribution in [0.15, 0.2) is 48.5 Å². The van der Waals surface area contributed by atoms with Gasteiger partial charge in [0.25, 0.3) is 0 Å². The molecule has 0 aliphatic rings. The molecule has 7 nitrogen and oxygen atoms in total. The first-order valence-corrected chi connectivity index (χ1v) is 13.4. The quantitative estimate of drug-likeness (QED) is 0.524. The molecule has 0 saturated carbocycles. The molecule has 0 fully saturated rings. The number of carbonyl (C=O) groups excluding carboxylic acids is 2. The topological polar surface area (TPSA) is 86.8 Å². The number of hydrogen-bond acceptors (Lipinski definition) is 4. The molecule has 0 spiro atoms. The summed E-state index contributed by atoms with van der Waals surface area (Å²) >= 11 is 0. The van der Waals surface area contributed by atoms with Crippen molar-refractivity contribution in [2.75, 3.05) is 23.7 Å². The lowest BCUT2D eigenvalue weighted by Gasteiger charge is -2.33. The molecule has 0 radical (unpaired) electrons. The summed E-state index contributed by atoms with van der Waals surface area (Å²) in [5, 5.41) is 2.92. The van der Waals surface area contributed by atoms with Gasteiger partial charge in [0.15, 0.2) is 0 Å². The summed E-state index contributed by atoms with van der Waals surface area (Å²) in [6.45, 7) is 9.86. The normalized spacial score (nSPS) is 12.3. The molecule has 0 aliphatic heterocycles. The third kappa shape index (κ3) is 7.58. The Kier molecular flexibility index (Phi) is 9.67. The monoisotopic (exact) mass is 487 g/mol. The molecule has 8 heteroatoms. The van der Waals surface area contributed by atoms with Crippen LogP contribution in [-0.2, 0) is 26.2 Å². The van der Waals surface area contributed by atoms with Gasteiger partial charge in [-0.15, -0.1) is 0 Å². The molecule has 1 atom stereocenters. The molecule has 2 amide bonds. The second kappa shape index (κ2) is 12.0. The number of nitrogens with one attached hydrogen (secondary N) is 1. The van der Waals surface area contributed by atoms with Gasteiger partial charge in [-0.25, -0.2) is 8.42 Å². The number of aryl methyl sites for hydroxylation is 2. The van der Waals surface area contributed by atoms with Gasteiger partial charge in [-0.05, 0) is 48.9 Å². The Morgan fingerprint density at radius 2 is 1.68 bits per heavy atom. The number of anilines is 1. The Morgan fingerprint density at radius 1 is 1.03 bits per heavy atom. The molecule has 0 saturated heterocycles. The number of benzene rings is 2. The highest BCUT2D eigenvalue weighted by Gasteiger charge is 2.32. The molecular weight excluding hydrogens is 450 g/mol. The van der Waals surface area contributed by atoms with E-state index in [1.54, 1.807) is 6.07 Å². The maximum absolute atomic E-state index is 13.7. The minimum atomic E-state index is -3.75. The molecule has 0 unspecified atom stereocenters. The van der Waals surface area contributed by atoms with Crippen LogP contribution in [0.4, 0.5) is 5.69 Å². The summed E-state index contributed by atoms with van der Waals surface area (Å²) in [6, 6.07) is 14.2. The lowest BCUT2D eigenvalue weighted by Crippen LogP contribution is -2.52. The highest BCUT2D eigenvalue weighted by atomic mass is 32.2. The average Bonchev–Trinajstić information content (AvgIpc) is 2.77. The largest absolute Gasteiger partial charge is 0.354 e. The highest BCUT2D eigenvalue weighted by molar-refractivity contribution is 7.92. The third-order valence-corrected chi connectivity index (χ3v) is 6.71. The van der Waals surface area contributed by atoms with Gasteiger partial charge in [0.05, 0.1) is 11.9 Å². The van der Waals surface area contributed by atoms with Crippen molar-refractivity contribution in [2.45, 2.75) is 53.6 Å². The zero-order valence-corrected chi connectivity index (χ0v) is 21.9. The number of rotatable bonds is 11. The van der Waals surface area contributed by atoms with E-state index in [2.05, 4.69) is 5.32 Å². The maximum atomic E-state index is 13.7. The lowest BCUT2D eigenvalue weighted by atomic mass is 10.1. The van der Waals surface area contributed by atoms with E-state index in [9.17, 15) is 18.0 Å². The summed E-state index contributed by atoms with van der Waals surface area (Å²) in [4.78, 5) is 28.2. The predicted octanol–water partition coefficient (Wildman–Crippen LogP) is 3.65. The Hall–Kier alpha value is -2.87. The van der Waals surface area contributed by atoms with Crippen molar-refractivity contribution in [2.24, 2.45) is 5.92 Å². The number of hydrogen-bond donors (Lipinski definition) is 1. The zero-order chi connectivity index (χ0) is 25.5. The van der Waals surface area contributed by atoms with Crippen LogP contribution in [0, 0.1) is 19.8 Å². The van der Waals surface area contributed by atoms with Gasteiger partial charge in [0.1, 0.15) is 12.6 Å². The molecule has 2 aromatic carbocycles. The van der Waals surface area contributed by atoms with Gasteiger partial charge in [-0.2, -0.15) is 0 Å². The minimum absolute atomic E-state index is 0.206. The molecule has 0 heterocycles. The van der Waals surface area contributed by atoms with Crippen molar-refractivity contribution in [3.8, 4) is 0 Å². The number of amides is 2. The van der Waals surface area contributed by atoms with Crippen molar-refractivity contribution in [1.29, 1.82) is 0 Å². The first-order valence-electron chi connectivity index (χ1n) is 11.6. The molecule has 34 heavy (non-hydrogen) atoms. The van der Waals surface area contributed by atoms with E-state index in [0.717, 1.165) is 27.3 Å². The molecule has 1 N–H and O–H groups in total. The van der Waals surface area contributed by atoms with Crippen LogP contribution in [-0.4, -0.2) is 50.5 Å². The van der Waals surface area contributed by atoms with Gasteiger partial charge < -0.3 is 10.2 Å². The van der Waals surface area contributed by atoms with E-state index >= 15 is 0 Å².